The van der Waals surface area contributed by atoms with E-state index in [2.05, 4.69) is 142 Å². The number of furan rings is 1. The molecule has 0 N–H and O–H groups in total. The molecule has 10 rings (SSSR count). The number of hydrogen-bond donors (Lipinski definition) is 0. The number of aromatic nitrogens is 3. The summed E-state index contributed by atoms with van der Waals surface area (Å²) < 4.78 is 49.8. The molecule has 315 valence electrons. The van der Waals surface area contributed by atoms with Crippen molar-refractivity contribution in [2.24, 2.45) is 5.41 Å². The first-order valence-electron chi connectivity index (χ1n) is 23.5. The van der Waals surface area contributed by atoms with Crippen molar-refractivity contribution in [3.63, 3.8) is 0 Å². The Kier molecular flexibility index (Phi) is 10.8. The van der Waals surface area contributed by atoms with Crippen molar-refractivity contribution in [3.8, 4) is 50.6 Å². The Morgan fingerprint density at radius 2 is 1.44 bits per heavy atom. The molecule has 3 heterocycles. The van der Waals surface area contributed by atoms with Gasteiger partial charge in [0.25, 0.3) is 0 Å². The first-order chi connectivity index (χ1) is 31.9. The van der Waals surface area contributed by atoms with E-state index in [0.29, 0.717) is 16.8 Å². The van der Waals surface area contributed by atoms with E-state index in [1.807, 2.05) is 69.4 Å². The van der Waals surface area contributed by atoms with Gasteiger partial charge in [-0.25, -0.2) is 0 Å². The van der Waals surface area contributed by atoms with Gasteiger partial charge >= 0.3 is 145 Å². The van der Waals surface area contributed by atoms with Crippen LogP contribution in [0.3, 0.4) is 0 Å². The molecule has 0 atom stereocenters. The maximum atomic E-state index is 8.80. The Balaban J connectivity index is 0.000000197. The van der Waals surface area contributed by atoms with Crippen LogP contribution >= 0.6 is 0 Å². The van der Waals surface area contributed by atoms with Crippen molar-refractivity contribution < 1.29 is 31.4 Å². The van der Waals surface area contributed by atoms with Gasteiger partial charge in [-0.15, -0.1) is 18.2 Å². The molecule has 3 aromatic heterocycles. The van der Waals surface area contributed by atoms with Crippen LogP contribution < -0.4 is 4.40 Å². The van der Waals surface area contributed by atoms with Crippen LogP contribution in [0.2, 0.25) is 17.3 Å². The monoisotopic (exact) mass is 1070 g/mol. The molecule has 7 aromatic carbocycles. The molecule has 0 aliphatic carbocycles. The van der Waals surface area contributed by atoms with Crippen LogP contribution in [-0.4, -0.2) is 27.8 Å². The predicted molar refractivity (Wildman–Crippen MR) is 263 cm³/mol. The number of hydrogen-bond acceptors (Lipinski definition) is 3. The Morgan fingerprint density at radius 3 is 2.16 bits per heavy atom. The zero-order valence-corrected chi connectivity index (χ0v) is 40.7. The molecule has 0 fully saturated rings. The Bertz CT molecular complexity index is 3390. The molecule has 0 saturated carbocycles. The van der Waals surface area contributed by atoms with Crippen LogP contribution in [-0.2, 0) is 26.5 Å². The van der Waals surface area contributed by atoms with Crippen molar-refractivity contribution >= 4 is 50.6 Å². The van der Waals surface area contributed by atoms with Crippen molar-refractivity contribution in [3.05, 3.63) is 193 Å². The zero-order valence-electron chi connectivity index (χ0n) is 41.2. The fraction of sp³-hybridized carbons (Fsp3) is 0.158. The summed E-state index contributed by atoms with van der Waals surface area (Å²) in [5.74, 6) is 7.50. The van der Waals surface area contributed by atoms with E-state index >= 15 is 0 Å². The van der Waals surface area contributed by atoms with Crippen LogP contribution in [0.5, 0.6) is 0 Å². The molecule has 10 aromatic rings. The Labute approximate surface area is 394 Å². The van der Waals surface area contributed by atoms with E-state index in [-0.39, 0.29) is 25.7 Å². The molecule has 0 unspecified atom stereocenters. The van der Waals surface area contributed by atoms with Gasteiger partial charge in [0.05, 0.1) is 22.4 Å². The maximum Gasteiger partial charge on any atom is 0.120 e. The van der Waals surface area contributed by atoms with Crippen LogP contribution in [0.15, 0.2) is 174 Å². The standard InChI is InChI=1S/C37H23N2O.C20H28GeN.Ir/c1-3-12-25(13-4-1)27-22-23-28(26-14-5-2-6-15-26)34(24-27)39-33-20-9-8-19-32(33)38-37(39)31-18-11-17-30-29-16-7-10-21-35(29)40-36(30)31;1-15-8-10-16(11-9-15)19-12-17(13-20(2,3)4)18(14-22-19)21(5,6)7;/h1-17,19-24H;8-10,12,14H,13H2,1-7H3;/q2*-1;/i;1D3,13D2;. The van der Waals surface area contributed by atoms with E-state index in [1.165, 1.54) is 11.6 Å². The summed E-state index contributed by atoms with van der Waals surface area (Å²) in [5, 5.41) is 2.15. The van der Waals surface area contributed by atoms with Gasteiger partial charge in [0.1, 0.15) is 5.58 Å². The van der Waals surface area contributed by atoms with E-state index in [1.54, 1.807) is 12.1 Å². The average molecular weight is 1060 g/mol. The van der Waals surface area contributed by atoms with Gasteiger partial charge in [-0.05, 0) is 41.0 Å². The summed E-state index contributed by atoms with van der Waals surface area (Å²) in [7, 11) is 0. The molecule has 0 saturated heterocycles. The number of para-hydroxylation sites is 3. The molecule has 0 aliphatic rings. The molecule has 63 heavy (non-hydrogen) atoms. The number of pyridine rings is 1. The SMILES string of the molecule is [2H]C([2H])([2H])c1c[c-]c(-c2cc(C([2H])([2H])C(C)(C)C)[c]([Ge]([CH3])([CH3])[CH3])cn2)cc1.[Ir].[c-]1ccc2c(oc3ccccc32)c1-c1nc2ccccc2n1-c1cc(-c2ccccc2)ccc1-c1ccccc1. The second kappa shape index (κ2) is 18.1. The first kappa shape index (κ1) is 37.7. The fourth-order valence-electron chi connectivity index (χ4n) is 7.97. The third kappa shape index (κ3) is 9.29. The molecular formula is C57H51GeIrN3O-2. The number of rotatable bonds is 7. The Hall–Kier alpha value is -5.85. The van der Waals surface area contributed by atoms with Gasteiger partial charge in [0.15, 0.2) is 0 Å². The number of imidazole rings is 1. The molecule has 6 heteroatoms. The van der Waals surface area contributed by atoms with Crippen LogP contribution in [0.1, 0.15) is 38.8 Å². The smallest absolute Gasteiger partial charge is 0.120 e. The minimum Gasteiger partial charge on any atom is -0.501 e. The minimum absolute atomic E-state index is 0. The van der Waals surface area contributed by atoms with Gasteiger partial charge in [-0.2, -0.15) is 0 Å². The Morgan fingerprint density at radius 1 is 0.730 bits per heavy atom. The van der Waals surface area contributed by atoms with Crippen molar-refractivity contribution in [1.82, 2.24) is 14.5 Å². The summed E-state index contributed by atoms with van der Waals surface area (Å²) in [6.45, 7) is 3.55. The van der Waals surface area contributed by atoms with Gasteiger partial charge < -0.3 is 8.98 Å². The summed E-state index contributed by atoms with van der Waals surface area (Å²) >= 11 is -2.36. The minimum atomic E-state index is -2.36. The second-order valence-electron chi connectivity index (χ2n) is 17.6. The van der Waals surface area contributed by atoms with Crippen molar-refractivity contribution in [2.75, 3.05) is 0 Å². The van der Waals surface area contributed by atoms with E-state index in [9.17, 15) is 0 Å². The third-order valence-electron chi connectivity index (χ3n) is 10.9. The van der Waals surface area contributed by atoms with Gasteiger partial charge in [0.2, 0.25) is 0 Å². The fourth-order valence-corrected chi connectivity index (χ4v) is 10.9. The molecule has 4 nitrogen and oxygen atoms in total. The summed E-state index contributed by atoms with van der Waals surface area (Å²) in [6.07, 6.45) is 0.303. The summed E-state index contributed by atoms with van der Waals surface area (Å²) in [6, 6.07) is 61.3. The van der Waals surface area contributed by atoms with Gasteiger partial charge in [0, 0.05) is 36.7 Å². The molecular weight excluding hydrogens is 1010 g/mol. The summed E-state index contributed by atoms with van der Waals surface area (Å²) in [5.41, 5.74) is 11.7. The molecule has 0 aliphatic heterocycles. The largest absolute Gasteiger partial charge is 0.501 e. The van der Waals surface area contributed by atoms with E-state index in [4.69, 9.17) is 16.3 Å². The van der Waals surface area contributed by atoms with Gasteiger partial charge in [-0.3, -0.25) is 4.98 Å². The van der Waals surface area contributed by atoms with Gasteiger partial charge in [-0.1, -0.05) is 114 Å². The van der Waals surface area contributed by atoms with E-state index < -0.39 is 31.9 Å². The first-order valence-corrected chi connectivity index (χ1v) is 28.3. The van der Waals surface area contributed by atoms with Crippen molar-refractivity contribution in [2.45, 2.75) is 51.3 Å². The number of nitrogens with zero attached hydrogens (tertiary/aromatic N) is 3. The quantitative estimate of drug-likeness (QED) is 0.118. The molecule has 1 radical (unpaired) electrons. The molecule has 0 bridgehead atoms. The van der Waals surface area contributed by atoms with Crippen LogP contribution in [0, 0.1) is 24.4 Å². The summed E-state index contributed by atoms with van der Waals surface area (Å²) in [4.78, 5) is 9.76. The maximum absolute atomic E-state index is 8.80. The average Bonchev–Trinajstić information content (AvgIpc) is 3.90. The van der Waals surface area contributed by atoms with E-state index in [0.717, 1.165) is 71.1 Å². The molecule has 0 amide bonds. The van der Waals surface area contributed by atoms with Crippen LogP contribution in [0.25, 0.3) is 83.6 Å². The zero-order chi connectivity index (χ0) is 47.3. The number of fused-ring (bicyclic) bond motifs is 4. The second-order valence-corrected chi connectivity index (χ2v) is 28.2. The topological polar surface area (TPSA) is 43.9 Å². The normalized spacial score (nSPS) is 13.3. The molecule has 0 spiro atoms. The third-order valence-corrected chi connectivity index (χ3v) is 15.1. The van der Waals surface area contributed by atoms with Crippen molar-refractivity contribution in [1.29, 1.82) is 0 Å². The number of benzene rings is 7. The number of aryl methyl sites for hydroxylation is 1. The van der Waals surface area contributed by atoms with Crippen LogP contribution in [0.4, 0.5) is 0 Å². The predicted octanol–water partition coefficient (Wildman–Crippen LogP) is 14.7.